The maximum atomic E-state index is 5.80. The number of hydrogen-bond donors (Lipinski definition) is 1. The lowest BCUT2D eigenvalue weighted by Gasteiger charge is -2.23. The van der Waals surface area contributed by atoms with E-state index < -0.39 is 0 Å². The predicted octanol–water partition coefficient (Wildman–Crippen LogP) is 4.30. The highest BCUT2D eigenvalue weighted by atomic mass is 16.5. The van der Waals surface area contributed by atoms with Gasteiger partial charge in [-0.2, -0.15) is 0 Å². The van der Waals surface area contributed by atoms with Crippen LogP contribution < -0.4 is 19.9 Å². The van der Waals surface area contributed by atoms with Crippen molar-refractivity contribution in [2.45, 2.75) is 39.2 Å². The Morgan fingerprint density at radius 3 is 2.16 bits per heavy atom. The molecule has 0 aromatic heterocycles. The molecule has 0 heterocycles. The summed E-state index contributed by atoms with van der Waals surface area (Å²) in [6, 6.07) is 14.0. The van der Waals surface area contributed by atoms with Gasteiger partial charge in [0.15, 0.2) is 0 Å². The van der Waals surface area contributed by atoms with Gasteiger partial charge in [-0.15, -0.1) is 0 Å². The molecule has 0 spiro atoms. The second-order valence-electron chi connectivity index (χ2n) is 6.64. The van der Waals surface area contributed by atoms with Crippen LogP contribution in [0.4, 0.5) is 0 Å². The van der Waals surface area contributed by atoms with Gasteiger partial charge in [0.2, 0.25) is 0 Å². The summed E-state index contributed by atoms with van der Waals surface area (Å²) in [5.74, 6) is 2.34. The topological polar surface area (TPSA) is 53.7 Å². The minimum absolute atomic E-state index is 0.187. The molecule has 0 fully saturated rings. The van der Waals surface area contributed by atoms with Crippen molar-refractivity contribution in [3.63, 3.8) is 0 Å². The highest BCUT2D eigenvalue weighted by Gasteiger charge is 2.17. The van der Waals surface area contributed by atoms with Crippen molar-refractivity contribution in [2.75, 3.05) is 20.3 Å². The van der Waals surface area contributed by atoms with Gasteiger partial charge in [-0.05, 0) is 35.6 Å². The first-order valence-corrected chi connectivity index (χ1v) is 8.73. The van der Waals surface area contributed by atoms with Crippen LogP contribution in [0.1, 0.15) is 38.3 Å². The molecule has 4 heteroatoms. The molecule has 0 aliphatic carbocycles. The molecule has 0 bridgehead atoms. The zero-order valence-electron chi connectivity index (χ0n) is 15.7. The summed E-state index contributed by atoms with van der Waals surface area (Å²) >= 11 is 0. The van der Waals surface area contributed by atoms with E-state index in [9.17, 15) is 0 Å². The van der Waals surface area contributed by atoms with Crippen molar-refractivity contribution in [1.29, 1.82) is 0 Å². The lowest BCUT2D eigenvalue weighted by Crippen LogP contribution is -2.15. The summed E-state index contributed by atoms with van der Waals surface area (Å²) in [6.07, 6.45) is 1.10. The fraction of sp³-hybridized carbons (Fsp3) is 0.429. The minimum atomic E-state index is 0.187. The molecule has 136 valence electrons. The summed E-state index contributed by atoms with van der Waals surface area (Å²) in [4.78, 5) is 0. The average molecular weight is 343 g/mol. The highest BCUT2D eigenvalue weighted by Crippen LogP contribution is 2.28. The van der Waals surface area contributed by atoms with Crippen molar-refractivity contribution in [2.24, 2.45) is 5.73 Å². The van der Waals surface area contributed by atoms with E-state index in [2.05, 4.69) is 32.9 Å². The molecular weight excluding hydrogens is 314 g/mol. The number of methoxy groups -OCH3 is 1. The molecule has 0 aliphatic heterocycles. The van der Waals surface area contributed by atoms with E-state index in [0.29, 0.717) is 19.8 Å². The summed E-state index contributed by atoms with van der Waals surface area (Å²) in [5, 5.41) is 0. The maximum absolute atomic E-state index is 5.80. The first kappa shape index (κ1) is 19.1. The van der Waals surface area contributed by atoms with E-state index in [1.807, 2.05) is 30.3 Å². The van der Waals surface area contributed by atoms with Crippen molar-refractivity contribution < 1.29 is 14.2 Å². The van der Waals surface area contributed by atoms with Crippen LogP contribution in [0.3, 0.4) is 0 Å². The average Bonchev–Trinajstić information content (AvgIpc) is 2.65. The van der Waals surface area contributed by atoms with Gasteiger partial charge < -0.3 is 19.9 Å². The molecule has 2 aromatic rings. The Morgan fingerprint density at radius 1 is 0.920 bits per heavy atom. The summed E-state index contributed by atoms with van der Waals surface area (Å²) < 4.78 is 16.8. The Kier molecular flexibility index (Phi) is 6.71. The normalized spacial score (nSPS) is 11.2. The van der Waals surface area contributed by atoms with Gasteiger partial charge in [0, 0.05) is 18.2 Å². The molecule has 0 radical (unpaired) electrons. The maximum Gasteiger partial charge on any atom is 0.127 e. The van der Waals surface area contributed by atoms with E-state index in [1.165, 1.54) is 5.56 Å². The van der Waals surface area contributed by atoms with Crippen LogP contribution in [0.15, 0.2) is 42.5 Å². The second kappa shape index (κ2) is 8.77. The van der Waals surface area contributed by atoms with Crippen LogP contribution in [-0.2, 0) is 12.0 Å². The molecular formula is C21H29NO3. The third-order valence-electron chi connectivity index (χ3n) is 4.62. The van der Waals surface area contributed by atoms with Crippen LogP contribution in [0.2, 0.25) is 0 Å². The molecule has 2 aromatic carbocycles. The van der Waals surface area contributed by atoms with E-state index in [1.54, 1.807) is 7.11 Å². The largest absolute Gasteiger partial charge is 0.497 e. The molecule has 0 atom stereocenters. The van der Waals surface area contributed by atoms with E-state index >= 15 is 0 Å². The van der Waals surface area contributed by atoms with Crippen molar-refractivity contribution in [3.8, 4) is 17.2 Å². The van der Waals surface area contributed by atoms with Crippen molar-refractivity contribution in [1.82, 2.24) is 0 Å². The van der Waals surface area contributed by atoms with E-state index in [0.717, 1.165) is 29.2 Å². The van der Waals surface area contributed by atoms with E-state index in [4.69, 9.17) is 19.9 Å². The smallest absolute Gasteiger partial charge is 0.127 e. The zero-order valence-corrected chi connectivity index (χ0v) is 15.7. The fourth-order valence-electron chi connectivity index (χ4n) is 2.48. The van der Waals surface area contributed by atoms with Crippen LogP contribution >= 0.6 is 0 Å². The third kappa shape index (κ3) is 5.13. The first-order valence-electron chi connectivity index (χ1n) is 8.73. The number of ether oxygens (including phenoxy) is 3. The van der Waals surface area contributed by atoms with Crippen LogP contribution in [-0.4, -0.2) is 20.3 Å². The Bertz CT molecular complexity index is 665. The Morgan fingerprint density at radius 2 is 1.56 bits per heavy atom. The second-order valence-corrected chi connectivity index (χ2v) is 6.64. The number of hydrogen-bond acceptors (Lipinski definition) is 4. The van der Waals surface area contributed by atoms with Gasteiger partial charge in [-0.25, -0.2) is 0 Å². The highest BCUT2D eigenvalue weighted by molar-refractivity contribution is 5.40. The van der Waals surface area contributed by atoms with Gasteiger partial charge in [0.05, 0.1) is 7.11 Å². The predicted molar refractivity (Wildman–Crippen MR) is 102 cm³/mol. The Labute approximate surface area is 150 Å². The van der Waals surface area contributed by atoms with Gasteiger partial charge in [0.1, 0.15) is 30.5 Å². The minimum Gasteiger partial charge on any atom is -0.497 e. The SMILES string of the molecule is CCC(C)(C)c1ccc(OCCOc2cc(OC)ccc2CN)cc1. The molecule has 0 amide bonds. The Hall–Kier alpha value is -2.20. The lowest BCUT2D eigenvalue weighted by molar-refractivity contribution is 0.215. The van der Waals surface area contributed by atoms with Crippen LogP contribution in [0.25, 0.3) is 0 Å². The van der Waals surface area contributed by atoms with Gasteiger partial charge in [0.25, 0.3) is 0 Å². The summed E-state index contributed by atoms with van der Waals surface area (Å²) in [6.45, 7) is 8.05. The summed E-state index contributed by atoms with van der Waals surface area (Å²) in [7, 11) is 1.63. The quantitative estimate of drug-likeness (QED) is 0.690. The Balaban J connectivity index is 1.87. The van der Waals surface area contributed by atoms with Gasteiger partial charge in [-0.1, -0.05) is 39.0 Å². The first-order chi connectivity index (χ1) is 12.0. The zero-order chi connectivity index (χ0) is 18.3. The molecule has 0 saturated carbocycles. The fourth-order valence-corrected chi connectivity index (χ4v) is 2.48. The monoisotopic (exact) mass is 343 g/mol. The molecule has 0 aliphatic rings. The molecule has 25 heavy (non-hydrogen) atoms. The van der Waals surface area contributed by atoms with Gasteiger partial charge in [-0.3, -0.25) is 0 Å². The van der Waals surface area contributed by atoms with E-state index in [-0.39, 0.29) is 5.41 Å². The molecule has 0 saturated heterocycles. The lowest BCUT2D eigenvalue weighted by atomic mass is 9.82. The number of rotatable bonds is 9. The molecule has 2 N–H and O–H groups in total. The van der Waals surface area contributed by atoms with Crippen molar-refractivity contribution >= 4 is 0 Å². The van der Waals surface area contributed by atoms with Gasteiger partial charge >= 0.3 is 0 Å². The van der Waals surface area contributed by atoms with Crippen LogP contribution in [0.5, 0.6) is 17.2 Å². The van der Waals surface area contributed by atoms with Crippen LogP contribution in [0, 0.1) is 0 Å². The standard InChI is InChI=1S/C21H29NO3/c1-5-21(2,3)17-7-10-18(11-8-17)24-12-13-25-20-14-19(23-4)9-6-16(20)15-22/h6-11,14H,5,12-13,15,22H2,1-4H3. The summed E-state index contributed by atoms with van der Waals surface area (Å²) in [5.41, 5.74) is 8.21. The number of benzene rings is 2. The molecule has 4 nitrogen and oxygen atoms in total. The number of nitrogens with two attached hydrogens (primary N) is 1. The third-order valence-corrected chi connectivity index (χ3v) is 4.62. The van der Waals surface area contributed by atoms with Crippen molar-refractivity contribution in [3.05, 3.63) is 53.6 Å². The molecule has 0 unspecified atom stereocenters. The molecule has 2 rings (SSSR count).